The van der Waals surface area contributed by atoms with Gasteiger partial charge in [0.1, 0.15) is 0 Å². The Morgan fingerprint density at radius 2 is 1.79 bits per heavy atom. The number of amides is 1. The smallest absolute Gasteiger partial charge is 0.220 e. The fourth-order valence-electron chi connectivity index (χ4n) is 1.95. The molecule has 0 atom stereocenters. The van der Waals surface area contributed by atoms with Crippen molar-refractivity contribution in [1.82, 2.24) is 5.32 Å². The van der Waals surface area contributed by atoms with Gasteiger partial charge < -0.3 is 5.32 Å². The summed E-state index contributed by atoms with van der Waals surface area (Å²) in [7, 11) is 0. The van der Waals surface area contributed by atoms with Crippen LogP contribution in [0.4, 0.5) is 0 Å². The van der Waals surface area contributed by atoms with Crippen molar-refractivity contribution in [3.63, 3.8) is 0 Å². The highest BCUT2D eigenvalue weighted by molar-refractivity contribution is 7.99. The first-order chi connectivity index (χ1) is 11.6. The zero-order chi connectivity index (χ0) is 17.2. The van der Waals surface area contributed by atoms with Crippen molar-refractivity contribution >= 4 is 52.6 Å². The van der Waals surface area contributed by atoms with E-state index in [0.29, 0.717) is 23.0 Å². The van der Waals surface area contributed by atoms with Gasteiger partial charge in [0.25, 0.3) is 0 Å². The molecule has 0 saturated heterocycles. The van der Waals surface area contributed by atoms with Gasteiger partial charge in [0.2, 0.25) is 5.91 Å². The first-order valence-electron chi connectivity index (χ1n) is 7.61. The highest BCUT2D eigenvalue weighted by Gasteiger charge is 2.03. The van der Waals surface area contributed by atoms with Gasteiger partial charge >= 0.3 is 0 Å². The Kier molecular flexibility index (Phi) is 8.89. The van der Waals surface area contributed by atoms with E-state index < -0.39 is 0 Å². The van der Waals surface area contributed by atoms with E-state index in [2.05, 4.69) is 17.4 Å². The number of carbonyl (C=O) groups is 1. The van der Waals surface area contributed by atoms with Crippen LogP contribution < -0.4 is 5.32 Å². The van der Waals surface area contributed by atoms with Crippen LogP contribution in [0.3, 0.4) is 0 Å². The Labute approximate surface area is 161 Å². The Balaban J connectivity index is 1.53. The lowest BCUT2D eigenvalue weighted by Gasteiger charge is -2.06. The van der Waals surface area contributed by atoms with Crippen LogP contribution in [0.2, 0.25) is 10.0 Å². The fourth-order valence-corrected chi connectivity index (χ4v) is 3.95. The monoisotopic (exact) mass is 399 g/mol. The van der Waals surface area contributed by atoms with Crippen molar-refractivity contribution in [2.75, 3.05) is 18.1 Å². The van der Waals surface area contributed by atoms with Crippen molar-refractivity contribution in [2.45, 2.75) is 17.1 Å². The number of hydrogen-bond acceptors (Lipinski definition) is 3. The van der Waals surface area contributed by atoms with E-state index in [1.54, 1.807) is 23.5 Å². The molecule has 2 rings (SSSR count). The van der Waals surface area contributed by atoms with Crippen LogP contribution in [0.5, 0.6) is 0 Å². The van der Waals surface area contributed by atoms with Gasteiger partial charge in [-0.3, -0.25) is 4.79 Å². The van der Waals surface area contributed by atoms with Crippen molar-refractivity contribution in [3.05, 3.63) is 64.1 Å². The van der Waals surface area contributed by atoms with Crippen LogP contribution in [0, 0.1) is 0 Å². The van der Waals surface area contributed by atoms with E-state index in [-0.39, 0.29) is 5.91 Å². The van der Waals surface area contributed by atoms with Crippen molar-refractivity contribution in [1.29, 1.82) is 0 Å². The molecular formula is C18H19Cl2NOS2. The quantitative estimate of drug-likeness (QED) is 0.444. The Bertz CT molecular complexity index is 653. The average molecular weight is 400 g/mol. The molecule has 0 radical (unpaired) electrons. The maximum atomic E-state index is 11.8. The molecule has 0 aromatic heterocycles. The van der Waals surface area contributed by atoms with Gasteiger partial charge in [0.05, 0.1) is 10.0 Å². The molecule has 0 spiro atoms. The summed E-state index contributed by atoms with van der Waals surface area (Å²) >= 11 is 15.3. The predicted molar refractivity (Wildman–Crippen MR) is 107 cm³/mol. The van der Waals surface area contributed by atoms with E-state index in [1.165, 1.54) is 4.90 Å². The van der Waals surface area contributed by atoms with E-state index >= 15 is 0 Å². The summed E-state index contributed by atoms with van der Waals surface area (Å²) in [6.07, 6.45) is 0.539. The minimum Gasteiger partial charge on any atom is -0.355 e. The molecule has 2 aromatic carbocycles. The molecule has 1 amide bonds. The summed E-state index contributed by atoms with van der Waals surface area (Å²) in [6, 6.07) is 15.8. The van der Waals surface area contributed by atoms with Crippen LogP contribution >= 0.6 is 46.7 Å². The Morgan fingerprint density at radius 3 is 2.54 bits per heavy atom. The number of halogens is 2. The summed E-state index contributed by atoms with van der Waals surface area (Å²) in [6.45, 7) is 0.681. The molecular weight excluding hydrogens is 381 g/mol. The topological polar surface area (TPSA) is 29.1 Å². The molecule has 1 N–H and O–H groups in total. The number of rotatable bonds is 9. The van der Waals surface area contributed by atoms with Crippen LogP contribution in [0.1, 0.15) is 12.0 Å². The first-order valence-corrected chi connectivity index (χ1v) is 10.5. The minimum atomic E-state index is 0.105. The summed E-state index contributed by atoms with van der Waals surface area (Å²) in [5, 5.41) is 4.11. The molecule has 0 aliphatic rings. The molecule has 0 saturated carbocycles. The van der Waals surface area contributed by atoms with Gasteiger partial charge in [-0.05, 0) is 29.8 Å². The lowest BCUT2D eigenvalue weighted by atomic mass is 10.2. The number of carbonyl (C=O) groups excluding carboxylic acids is 1. The summed E-state index contributed by atoms with van der Waals surface area (Å²) in [5.41, 5.74) is 1.14. The second kappa shape index (κ2) is 10.9. The molecule has 0 aliphatic heterocycles. The second-order valence-corrected chi connectivity index (χ2v) is 8.15. The van der Waals surface area contributed by atoms with Crippen molar-refractivity contribution in [2.24, 2.45) is 0 Å². The van der Waals surface area contributed by atoms with Crippen LogP contribution in [-0.2, 0) is 10.5 Å². The minimum absolute atomic E-state index is 0.105. The molecule has 2 nitrogen and oxygen atoms in total. The molecule has 0 unspecified atom stereocenters. The molecule has 128 valence electrons. The number of nitrogens with one attached hydrogen (secondary N) is 1. The Hall–Kier alpha value is -0.810. The van der Waals surface area contributed by atoms with E-state index in [4.69, 9.17) is 23.2 Å². The maximum absolute atomic E-state index is 11.8. The van der Waals surface area contributed by atoms with Crippen molar-refractivity contribution < 1.29 is 4.79 Å². The third-order valence-electron chi connectivity index (χ3n) is 3.16. The molecule has 6 heteroatoms. The molecule has 2 aromatic rings. The third-order valence-corrected chi connectivity index (χ3v) is 5.95. The van der Waals surface area contributed by atoms with Gasteiger partial charge in [-0.15, -0.1) is 11.8 Å². The standard InChI is InChI=1S/C18H19Cl2NOS2/c19-16-7-6-14(12-17(16)20)13-23-11-9-21-18(22)8-10-24-15-4-2-1-3-5-15/h1-7,12H,8-11,13H2,(H,21,22). The van der Waals surface area contributed by atoms with Crippen LogP contribution in [0.15, 0.2) is 53.4 Å². The van der Waals surface area contributed by atoms with E-state index in [0.717, 1.165) is 22.8 Å². The molecule has 0 fully saturated rings. The third kappa shape index (κ3) is 7.39. The van der Waals surface area contributed by atoms with Gasteiger partial charge in [-0.2, -0.15) is 11.8 Å². The van der Waals surface area contributed by atoms with Gasteiger partial charge in [0, 0.05) is 35.1 Å². The summed E-state index contributed by atoms with van der Waals surface area (Å²) in [5.74, 6) is 2.63. The predicted octanol–water partition coefficient (Wildman–Crippen LogP) is 5.53. The zero-order valence-electron chi connectivity index (χ0n) is 13.1. The maximum Gasteiger partial charge on any atom is 0.220 e. The highest BCUT2D eigenvalue weighted by atomic mass is 35.5. The molecule has 0 heterocycles. The average Bonchev–Trinajstić information content (AvgIpc) is 2.58. The number of hydrogen-bond donors (Lipinski definition) is 1. The SMILES string of the molecule is O=C(CCSc1ccccc1)NCCSCc1ccc(Cl)c(Cl)c1. The highest BCUT2D eigenvalue weighted by Crippen LogP contribution is 2.24. The van der Waals surface area contributed by atoms with Crippen LogP contribution in [-0.4, -0.2) is 24.0 Å². The number of thioether (sulfide) groups is 2. The normalized spacial score (nSPS) is 10.6. The fraction of sp³-hybridized carbons (Fsp3) is 0.278. The lowest BCUT2D eigenvalue weighted by molar-refractivity contribution is -0.120. The number of benzene rings is 2. The summed E-state index contributed by atoms with van der Waals surface area (Å²) < 4.78 is 0. The zero-order valence-corrected chi connectivity index (χ0v) is 16.3. The van der Waals surface area contributed by atoms with Crippen LogP contribution in [0.25, 0.3) is 0 Å². The second-order valence-electron chi connectivity index (χ2n) is 5.06. The largest absolute Gasteiger partial charge is 0.355 e. The Morgan fingerprint density at radius 1 is 1.00 bits per heavy atom. The van der Waals surface area contributed by atoms with Gasteiger partial charge in [0.15, 0.2) is 0 Å². The van der Waals surface area contributed by atoms with Gasteiger partial charge in [-0.25, -0.2) is 0 Å². The molecule has 24 heavy (non-hydrogen) atoms. The summed E-state index contributed by atoms with van der Waals surface area (Å²) in [4.78, 5) is 13.0. The van der Waals surface area contributed by atoms with Gasteiger partial charge in [-0.1, -0.05) is 47.5 Å². The van der Waals surface area contributed by atoms with E-state index in [9.17, 15) is 4.79 Å². The molecule has 0 aliphatic carbocycles. The lowest BCUT2D eigenvalue weighted by Crippen LogP contribution is -2.25. The van der Waals surface area contributed by atoms with Crippen molar-refractivity contribution in [3.8, 4) is 0 Å². The van der Waals surface area contributed by atoms with E-state index in [1.807, 2.05) is 36.4 Å². The molecule has 0 bridgehead atoms. The first kappa shape index (κ1) is 19.5.